The molecule has 0 saturated carbocycles. The molecule has 5 N–H and O–H groups in total. The summed E-state index contributed by atoms with van der Waals surface area (Å²) in [5.74, 6) is 0.107. The number of rotatable bonds is 5. The number of nitrogens with one attached hydrogen (secondary N) is 1. The Bertz CT molecular complexity index is 795. The minimum absolute atomic E-state index is 0.107. The van der Waals surface area contributed by atoms with Gasteiger partial charge in [-0.25, -0.2) is 9.97 Å². The number of anilines is 1. The lowest BCUT2D eigenvalue weighted by atomic mass is 9.96. The summed E-state index contributed by atoms with van der Waals surface area (Å²) in [5.41, 5.74) is 1.54. The summed E-state index contributed by atoms with van der Waals surface area (Å²) in [4.78, 5) is 8.11. The van der Waals surface area contributed by atoms with Gasteiger partial charge in [-0.1, -0.05) is 5.16 Å². The predicted molar refractivity (Wildman–Crippen MR) is 84.7 cm³/mol. The number of hydrogen-bond acceptors (Lipinski definition) is 10. The van der Waals surface area contributed by atoms with Crippen molar-refractivity contribution in [1.82, 2.24) is 14.5 Å². The van der Waals surface area contributed by atoms with E-state index < -0.39 is 24.0 Å². The van der Waals surface area contributed by atoms with E-state index in [0.717, 1.165) is 6.21 Å². The summed E-state index contributed by atoms with van der Waals surface area (Å²) < 4.78 is 12.8. The number of methoxy groups -OCH3 is 1. The van der Waals surface area contributed by atoms with E-state index in [2.05, 4.69) is 15.1 Å². The molecule has 11 heteroatoms. The molecule has 25 heavy (non-hydrogen) atoms. The number of aromatic nitrogens is 3. The Morgan fingerprint density at radius 2 is 2.28 bits per heavy atom. The molecule has 0 amide bonds. The van der Waals surface area contributed by atoms with Crippen molar-refractivity contribution >= 4 is 23.1 Å². The fourth-order valence-corrected chi connectivity index (χ4v) is 3.13. The van der Waals surface area contributed by atoms with Gasteiger partial charge < -0.3 is 29.5 Å². The zero-order valence-corrected chi connectivity index (χ0v) is 13.6. The highest BCUT2D eigenvalue weighted by Gasteiger charge is 2.54. The van der Waals surface area contributed by atoms with E-state index in [9.17, 15) is 15.4 Å². The van der Waals surface area contributed by atoms with Crippen LogP contribution in [0.4, 0.5) is 5.82 Å². The number of nitrogens with zero attached hydrogens (tertiary/aromatic N) is 4. The molecule has 0 aliphatic carbocycles. The third-order valence-corrected chi connectivity index (χ3v) is 4.55. The van der Waals surface area contributed by atoms with Crippen LogP contribution in [-0.4, -0.2) is 72.9 Å². The van der Waals surface area contributed by atoms with Crippen molar-refractivity contribution in [2.24, 2.45) is 5.16 Å². The van der Waals surface area contributed by atoms with Gasteiger partial charge in [0.1, 0.15) is 29.8 Å². The molecule has 2 aromatic heterocycles. The van der Waals surface area contributed by atoms with Gasteiger partial charge in [-0.15, -0.1) is 0 Å². The third kappa shape index (κ3) is 2.53. The molecular weight excluding hydrogens is 334 g/mol. The summed E-state index contributed by atoms with van der Waals surface area (Å²) in [5, 5.41) is 41.5. The maximum Gasteiger partial charge on any atom is 0.167 e. The zero-order chi connectivity index (χ0) is 18.2. The molecule has 3 unspecified atom stereocenters. The van der Waals surface area contributed by atoms with Crippen LogP contribution in [0.15, 0.2) is 17.7 Å². The van der Waals surface area contributed by atoms with Gasteiger partial charge in [-0.05, 0) is 6.92 Å². The Kier molecular flexibility index (Phi) is 4.58. The van der Waals surface area contributed by atoms with Crippen molar-refractivity contribution in [2.75, 3.05) is 19.2 Å². The first-order valence-corrected chi connectivity index (χ1v) is 7.44. The molecule has 136 valence electrons. The standard InChI is InChI=1S/C14H19N5O6/c1-14(24-2)10(21)8(5-20)25-13(14)19-4-7(3-17-22)9-11(18-23)15-6-16-12(9)19/h3-4,6,8,10,13,20-23H,5H2,1-2H3,(H,15,16,18)/t8?,10?,13-,14?/m1/s1. The van der Waals surface area contributed by atoms with Crippen LogP contribution in [0.1, 0.15) is 18.7 Å². The van der Waals surface area contributed by atoms with Crippen LogP contribution in [0.5, 0.6) is 0 Å². The lowest BCUT2D eigenvalue weighted by Crippen LogP contribution is -2.46. The van der Waals surface area contributed by atoms with Crippen molar-refractivity contribution in [3.05, 3.63) is 18.1 Å². The molecule has 1 aliphatic rings. The Balaban J connectivity index is 2.22. The summed E-state index contributed by atoms with van der Waals surface area (Å²) in [7, 11) is 1.43. The Morgan fingerprint density at radius 3 is 2.88 bits per heavy atom. The smallest absolute Gasteiger partial charge is 0.167 e. The molecule has 0 spiro atoms. The molecule has 1 aliphatic heterocycles. The first-order chi connectivity index (χ1) is 12.0. The average Bonchev–Trinajstić information content (AvgIpc) is 3.12. The number of hydrogen-bond donors (Lipinski definition) is 5. The topological polar surface area (TPSA) is 154 Å². The largest absolute Gasteiger partial charge is 0.411 e. The van der Waals surface area contributed by atoms with Gasteiger partial charge in [0.25, 0.3) is 0 Å². The maximum absolute atomic E-state index is 10.4. The molecule has 4 atom stereocenters. The highest BCUT2D eigenvalue weighted by Crippen LogP contribution is 2.42. The lowest BCUT2D eigenvalue weighted by molar-refractivity contribution is -0.118. The van der Waals surface area contributed by atoms with E-state index in [1.807, 2.05) is 5.48 Å². The number of fused-ring (bicyclic) bond motifs is 1. The first-order valence-electron chi connectivity index (χ1n) is 7.44. The molecule has 11 nitrogen and oxygen atoms in total. The van der Waals surface area contributed by atoms with Crippen molar-refractivity contribution < 1.29 is 30.1 Å². The second kappa shape index (κ2) is 6.54. The van der Waals surface area contributed by atoms with Gasteiger partial charge in [-0.3, -0.25) is 10.7 Å². The van der Waals surface area contributed by atoms with E-state index in [-0.39, 0.29) is 12.4 Å². The highest BCUT2D eigenvalue weighted by atomic mass is 16.6. The van der Waals surface area contributed by atoms with Gasteiger partial charge in [0.05, 0.1) is 18.2 Å². The van der Waals surface area contributed by atoms with Crippen molar-refractivity contribution in [3.63, 3.8) is 0 Å². The minimum atomic E-state index is -1.18. The lowest BCUT2D eigenvalue weighted by Gasteiger charge is -2.31. The highest BCUT2D eigenvalue weighted by molar-refractivity contribution is 6.03. The van der Waals surface area contributed by atoms with Crippen molar-refractivity contribution in [2.45, 2.75) is 31.0 Å². The second-order valence-electron chi connectivity index (χ2n) is 5.81. The van der Waals surface area contributed by atoms with Gasteiger partial charge in [0.15, 0.2) is 12.0 Å². The van der Waals surface area contributed by atoms with Crippen LogP contribution < -0.4 is 5.48 Å². The van der Waals surface area contributed by atoms with E-state index in [1.54, 1.807) is 17.7 Å². The summed E-state index contributed by atoms with van der Waals surface area (Å²) in [6.07, 6.45) is 1.18. The number of ether oxygens (including phenoxy) is 2. The Morgan fingerprint density at radius 1 is 1.52 bits per heavy atom. The van der Waals surface area contributed by atoms with Crippen molar-refractivity contribution in [1.29, 1.82) is 0 Å². The normalized spacial score (nSPS) is 29.7. The van der Waals surface area contributed by atoms with Gasteiger partial charge in [0, 0.05) is 18.9 Å². The summed E-state index contributed by atoms with van der Waals surface area (Å²) in [6.45, 7) is 1.26. The van der Waals surface area contributed by atoms with Crippen LogP contribution >= 0.6 is 0 Å². The van der Waals surface area contributed by atoms with Gasteiger partial charge in [-0.2, -0.15) is 0 Å². The molecule has 0 bridgehead atoms. The number of aliphatic hydroxyl groups is 2. The van der Waals surface area contributed by atoms with E-state index in [1.165, 1.54) is 13.4 Å². The molecular formula is C14H19N5O6. The second-order valence-corrected chi connectivity index (χ2v) is 5.81. The molecule has 0 aromatic carbocycles. The monoisotopic (exact) mass is 353 g/mol. The quantitative estimate of drug-likeness (QED) is 0.277. The molecule has 3 heterocycles. The zero-order valence-electron chi connectivity index (χ0n) is 13.6. The average molecular weight is 353 g/mol. The number of oxime groups is 1. The minimum Gasteiger partial charge on any atom is -0.411 e. The Labute approximate surface area is 142 Å². The first kappa shape index (κ1) is 17.5. The predicted octanol–water partition coefficient (Wildman–Crippen LogP) is -0.304. The summed E-state index contributed by atoms with van der Waals surface area (Å²) in [6, 6.07) is 0. The molecule has 1 fully saturated rings. The maximum atomic E-state index is 10.4. The number of aliphatic hydroxyl groups excluding tert-OH is 2. The van der Waals surface area contributed by atoms with Crippen LogP contribution in [0, 0.1) is 0 Å². The fourth-order valence-electron chi connectivity index (χ4n) is 3.13. The van der Waals surface area contributed by atoms with Crippen LogP contribution in [0.2, 0.25) is 0 Å². The third-order valence-electron chi connectivity index (χ3n) is 4.55. The van der Waals surface area contributed by atoms with Gasteiger partial charge >= 0.3 is 0 Å². The molecule has 3 rings (SSSR count). The summed E-state index contributed by atoms with van der Waals surface area (Å²) >= 11 is 0. The van der Waals surface area contributed by atoms with Crippen LogP contribution in [-0.2, 0) is 9.47 Å². The van der Waals surface area contributed by atoms with E-state index >= 15 is 0 Å². The van der Waals surface area contributed by atoms with Crippen LogP contribution in [0.3, 0.4) is 0 Å². The van der Waals surface area contributed by atoms with E-state index in [0.29, 0.717) is 16.6 Å². The molecule has 0 radical (unpaired) electrons. The fraction of sp³-hybridized carbons (Fsp3) is 0.500. The molecule has 2 aromatic rings. The van der Waals surface area contributed by atoms with Crippen molar-refractivity contribution in [3.8, 4) is 0 Å². The van der Waals surface area contributed by atoms with Gasteiger partial charge in [0.2, 0.25) is 0 Å². The SMILES string of the molecule is COC1(C)C(O)C(CO)O[C@H]1n1cc(C=NO)c2c(NO)ncnc21. The molecule has 1 saturated heterocycles. The van der Waals surface area contributed by atoms with E-state index in [4.69, 9.17) is 14.7 Å². The Hall–Kier alpha value is -2.31. The van der Waals surface area contributed by atoms with Crippen LogP contribution in [0.25, 0.3) is 11.0 Å².